The number of rotatable bonds is 4. The standard InChI is InChI=1S/C13H22N4O3S/c18-8-7-16-11-13(9-14-16)21(19,20)17-6-5-15-4-2-1-3-12(15)10-17/h9,11-12,18H,1-8,10H2. The first-order chi connectivity index (χ1) is 10.1. The normalized spacial score (nSPS) is 24.9. The van der Waals surface area contributed by atoms with Gasteiger partial charge in [0.05, 0.1) is 19.3 Å². The number of aliphatic hydroxyl groups is 1. The lowest BCUT2D eigenvalue weighted by molar-refractivity contribution is 0.0852. The summed E-state index contributed by atoms with van der Waals surface area (Å²) in [5.41, 5.74) is 0. The summed E-state index contributed by atoms with van der Waals surface area (Å²) >= 11 is 0. The third-order valence-corrected chi connectivity index (χ3v) is 6.19. The molecule has 21 heavy (non-hydrogen) atoms. The van der Waals surface area contributed by atoms with Crippen LogP contribution in [0.15, 0.2) is 17.3 Å². The fraction of sp³-hybridized carbons (Fsp3) is 0.769. The van der Waals surface area contributed by atoms with Gasteiger partial charge in [0.1, 0.15) is 4.90 Å². The molecule has 2 saturated heterocycles. The topological polar surface area (TPSA) is 78.7 Å². The van der Waals surface area contributed by atoms with Crippen molar-refractivity contribution in [1.82, 2.24) is 19.0 Å². The van der Waals surface area contributed by atoms with E-state index in [2.05, 4.69) is 10.00 Å². The zero-order chi connectivity index (χ0) is 14.9. The maximum atomic E-state index is 12.7. The van der Waals surface area contributed by atoms with Crippen LogP contribution in [0.2, 0.25) is 0 Å². The molecule has 2 fully saturated rings. The smallest absolute Gasteiger partial charge is 0.246 e. The van der Waals surface area contributed by atoms with E-state index in [-0.39, 0.29) is 11.5 Å². The lowest BCUT2D eigenvalue weighted by Crippen LogP contribution is -2.56. The molecule has 118 valence electrons. The van der Waals surface area contributed by atoms with E-state index in [0.717, 1.165) is 19.5 Å². The molecule has 0 radical (unpaired) electrons. The Labute approximate surface area is 125 Å². The Morgan fingerprint density at radius 1 is 1.29 bits per heavy atom. The number of nitrogens with zero attached hydrogens (tertiary/aromatic N) is 4. The molecule has 1 N–H and O–H groups in total. The summed E-state index contributed by atoms with van der Waals surface area (Å²) in [7, 11) is -3.47. The van der Waals surface area contributed by atoms with E-state index in [0.29, 0.717) is 25.7 Å². The van der Waals surface area contributed by atoms with Gasteiger partial charge in [-0.1, -0.05) is 6.42 Å². The highest BCUT2D eigenvalue weighted by Crippen LogP contribution is 2.25. The number of aromatic nitrogens is 2. The van der Waals surface area contributed by atoms with Crippen LogP contribution in [0, 0.1) is 0 Å². The van der Waals surface area contributed by atoms with Crippen LogP contribution in [-0.4, -0.2) is 71.3 Å². The van der Waals surface area contributed by atoms with E-state index in [4.69, 9.17) is 5.11 Å². The predicted molar refractivity (Wildman–Crippen MR) is 77.3 cm³/mol. The number of piperazine rings is 1. The number of aliphatic hydroxyl groups excluding tert-OH is 1. The summed E-state index contributed by atoms with van der Waals surface area (Å²) in [4.78, 5) is 2.63. The second kappa shape index (κ2) is 6.04. The third kappa shape index (κ3) is 2.98. The van der Waals surface area contributed by atoms with Crippen molar-refractivity contribution in [3.8, 4) is 0 Å². The van der Waals surface area contributed by atoms with Crippen molar-refractivity contribution >= 4 is 10.0 Å². The van der Waals surface area contributed by atoms with Gasteiger partial charge >= 0.3 is 0 Å². The van der Waals surface area contributed by atoms with Gasteiger partial charge in [-0.25, -0.2) is 8.42 Å². The first kappa shape index (κ1) is 15.0. The Bertz CT molecular complexity index is 586. The number of sulfonamides is 1. The average molecular weight is 314 g/mol. The molecule has 2 aliphatic rings. The molecule has 0 aliphatic carbocycles. The lowest BCUT2D eigenvalue weighted by atomic mass is 10.0. The lowest BCUT2D eigenvalue weighted by Gasteiger charge is -2.43. The molecular formula is C13H22N4O3S. The van der Waals surface area contributed by atoms with Crippen molar-refractivity contribution < 1.29 is 13.5 Å². The molecule has 1 atom stereocenters. The average Bonchev–Trinajstić information content (AvgIpc) is 2.96. The first-order valence-electron chi connectivity index (χ1n) is 7.49. The number of hydrogen-bond acceptors (Lipinski definition) is 5. The zero-order valence-corrected chi connectivity index (χ0v) is 12.9. The Hall–Kier alpha value is -0.960. The van der Waals surface area contributed by atoms with Crippen LogP contribution in [0.3, 0.4) is 0 Å². The van der Waals surface area contributed by atoms with Crippen LogP contribution in [0.5, 0.6) is 0 Å². The van der Waals surface area contributed by atoms with E-state index in [9.17, 15) is 8.42 Å². The van der Waals surface area contributed by atoms with Crippen LogP contribution in [0.1, 0.15) is 19.3 Å². The van der Waals surface area contributed by atoms with Gasteiger partial charge in [0.25, 0.3) is 0 Å². The molecule has 8 heteroatoms. The quantitative estimate of drug-likeness (QED) is 0.828. The van der Waals surface area contributed by atoms with Crippen molar-refractivity contribution in [2.45, 2.75) is 36.7 Å². The predicted octanol–water partition coefficient (Wildman–Crippen LogP) is -0.266. The third-order valence-electron chi connectivity index (χ3n) is 4.38. The van der Waals surface area contributed by atoms with Crippen LogP contribution in [0.25, 0.3) is 0 Å². The number of piperidine rings is 1. The van der Waals surface area contributed by atoms with Crippen LogP contribution in [0.4, 0.5) is 0 Å². The van der Waals surface area contributed by atoms with E-state index < -0.39 is 10.0 Å². The molecular weight excluding hydrogens is 292 g/mol. The highest BCUT2D eigenvalue weighted by Gasteiger charge is 2.35. The molecule has 0 aromatic carbocycles. The van der Waals surface area contributed by atoms with Gasteiger partial charge in [0.15, 0.2) is 0 Å². The zero-order valence-electron chi connectivity index (χ0n) is 12.1. The molecule has 1 aromatic heterocycles. The first-order valence-corrected chi connectivity index (χ1v) is 8.93. The fourth-order valence-corrected chi connectivity index (χ4v) is 4.62. The number of hydrogen-bond donors (Lipinski definition) is 1. The summed E-state index contributed by atoms with van der Waals surface area (Å²) in [6, 6.07) is 0.356. The molecule has 1 unspecified atom stereocenters. The Morgan fingerprint density at radius 2 is 2.14 bits per heavy atom. The van der Waals surface area contributed by atoms with E-state index >= 15 is 0 Å². The van der Waals surface area contributed by atoms with Gasteiger partial charge in [-0.05, 0) is 19.4 Å². The summed E-state index contributed by atoms with van der Waals surface area (Å²) in [5.74, 6) is 0. The van der Waals surface area contributed by atoms with E-state index in [1.165, 1.54) is 29.9 Å². The van der Waals surface area contributed by atoms with Crippen LogP contribution < -0.4 is 0 Å². The van der Waals surface area contributed by atoms with E-state index in [1.807, 2.05) is 0 Å². The highest BCUT2D eigenvalue weighted by molar-refractivity contribution is 7.89. The van der Waals surface area contributed by atoms with Crippen molar-refractivity contribution in [1.29, 1.82) is 0 Å². The van der Waals surface area contributed by atoms with Gasteiger partial charge in [-0.3, -0.25) is 9.58 Å². The molecule has 1 aromatic rings. The molecule has 0 saturated carbocycles. The van der Waals surface area contributed by atoms with Gasteiger partial charge in [0, 0.05) is 31.9 Å². The van der Waals surface area contributed by atoms with Gasteiger partial charge in [0.2, 0.25) is 10.0 Å². The molecule has 0 amide bonds. The molecule has 0 bridgehead atoms. The molecule has 0 spiro atoms. The van der Waals surface area contributed by atoms with Gasteiger partial charge < -0.3 is 5.11 Å². The molecule has 2 aliphatic heterocycles. The molecule has 7 nitrogen and oxygen atoms in total. The Balaban J connectivity index is 1.75. The Morgan fingerprint density at radius 3 is 2.95 bits per heavy atom. The van der Waals surface area contributed by atoms with Crippen molar-refractivity contribution in [2.24, 2.45) is 0 Å². The van der Waals surface area contributed by atoms with E-state index in [1.54, 1.807) is 4.31 Å². The Kier molecular flexibility index (Phi) is 4.30. The molecule has 3 heterocycles. The summed E-state index contributed by atoms with van der Waals surface area (Å²) in [6.45, 7) is 3.28. The number of fused-ring (bicyclic) bond motifs is 1. The minimum atomic E-state index is -3.47. The fourth-order valence-electron chi connectivity index (χ4n) is 3.20. The summed E-state index contributed by atoms with van der Waals surface area (Å²) in [6.07, 6.45) is 6.35. The van der Waals surface area contributed by atoms with Crippen LogP contribution in [-0.2, 0) is 16.6 Å². The second-order valence-electron chi connectivity index (χ2n) is 5.71. The second-order valence-corrected chi connectivity index (χ2v) is 7.65. The van der Waals surface area contributed by atoms with Gasteiger partial charge in [-0.2, -0.15) is 9.40 Å². The highest BCUT2D eigenvalue weighted by atomic mass is 32.2. The minimum Gasteiger partial charge on any atom is -0.394 e. The SMILES string of the molecule is O=S(=O)(c1cnn(CCO)c1)N1CCN2CCCCC2C1. The molecule has 3 rings (SSSR count). The maximum absolute atomic E-state index is 12.7. The summed E-state index contributed by atoms with van der Waals surface area (Å²) in [5, 5.41) is 12.9. The minimum absolute atomic E-state index is 0.0537. The van der Waals surface area contributed by atoms with Crippen molar-refractivity contribution in [3.05, 3.63) is 12.4 Å². The summed E-state index contributed by atoms with van der Waals surface area (Å²) < 4.78 is 28.4. The van der Waals surface area contributed by atoms with Gasteiger partial charge in [-0.15, -0.1) is 0 Å². The van der Waals surface area contributed by atoms with Crippen molar-refractivity contribution in [2.75, 3.05) is 32.8 Å². The maximum Gasteiger partial charge on any atom is 0.246 e. The monoisotopic (exact) mass is 314 g/mol. The van der Waals surface area contributed by atoms with Crippen LogP contribution >= 0.6 is 0 Å². The largest absolute Gasteiger partial charge is 0.394 e. The van der Waals surface area contributed by atoms with Crippen molar-refractivity contribution in [3.63, 3.8) is 0 Å².